The van der Waals surface area contributed by atoms with Crippen LogP contribution in [0, 0.1) is 6.92 Å². The molecule has 0 fully saturated rings. The van der Waals surface area contributed by atoms with E-state index in [0.717, 1.165) is 39.5 Å². The number of pyridine rings is 1. The maximum Gasteiger partial charge on any atom is 0.206 e. The second-order valence-corrected chi connectivity index (χ2v) is 7.95. The molecule has 3 heterocycles. The molecule has 26 heavy (non-hydrogen) atoms. The highest BCUT2D eigenvalue weighted by atomic mass is 32.1. The normalized spacial score (nSPS) is 10.8. The molecule has 1 N–H and O–H groups in total. The van der Waals surface area contributed by atoms with Crippen molar-refractivity contribution in [1.82, 2.24) is 20.2 Å². The Morgan fingerprint density at radius 3 is 2.62 bits per heavy atom. The fraction of sp³-hybridized carbons (Fsp3) is 0.158. The molecule has 0 bridgehead atoms. The molecular formula is C19H17N5S2. The molecule has 0 aliphatic carbocycles. The van der Waals surface area contributed by atoms with Gasteiger partial charge in [0.15, 0.2) is 5.01 Å². The standard InChI is InChI=1S/C19H17N5S2/c1-13-17(14-7-3-2-4-8-14)22-16(25-13)10-12-21-19-24-23-18(26-19)15-9-5-6-11-20-15/h2-9,11H,10,12H2,1H3,(H,21,24). The van der Waals surface area contributed by atoms with Crippen LogP contribution in [0.5, 0.6) is 0 Å². The van der Waals surface area contributed by atoms with E-state index in [2.05, 4.69) is 39.6 Å². The molecule has 7 heteroatoms. The molecule has 4 rings (SSSR count). The summed E-state index contributed by atoms with van der Waals surface area (Å²) in [7, 11) is 0. The predicted molar refractivity (Wildman–Crippen MR) is 108 cm³/mol. The minimum absolute atomic E-state index is 0.776. The van der Waals surface area contributed by atoms with E-state index in [1.165, 1.54) is 21.8 Å². The van der Waals surface area contributed by atoms with Crippen LogP contribution in [0.25, 0.3) is 22.0 Å². The van der Waals surface area contributed by atoms with E-state index in [1.54, 1.807) is 17.5 Å². The van der Waals surface area contributed by atoms with Crippen molar-refractivity contribution in [3.05, 3.63) is 64.6 Å². The molecule has 0 radical (unpaired) electrons. The van der Waals surface area contributed by atoms with Gasteiger partial charge in [0, 0.05) is 29.6 Å². The van der Waals surface area contributed by atoms with Crippen molar-refractivity contribution >= 4 is 27.8 Å². The lowest BCUT2D eigenvalue weighted by Gasteiger charge is -1.99. The molecule has 0 amide bonds. The summed E-state index contributed by atoms with van der Waals surface area (Å²) in [6, 6.07) is 16.1. The Morgan fingerprint density at radius 1 is 0.962 bits per heavy atom. The van der Waals surface area contributed by atoms with E-state index >= 15 is 0 Å². The van der Waals surface area contributed by atoms with E-state index in [0.29, 0.717) is 0 Å². The van der Waals surface area contributed by atoms with Crippen molar-refractivity contribution in [2.45, 2.75) is 13.3 Å². The zero-order chi connectivity index (χ0) is 17.8. The number of benzene rings is 1. The lowest BCUT2D eigenvalue weighted by Crippen LogP contribution is -2.04. The number of aryl methyl sites for hydroxylation is 1. The molecular weight excluding hydrogens is 362 g/mol. The van der Waals surface area contributed by atoms with Gasteiger partial charge in [-0.3, -0.25) is 4.98 Å². The monoisotopic (exact) mass is 379 g/mol. The van der Waals surface area contributed by atoms with E-state index in [-0.39, 0.29) is 0 Å². The van der Waals surface area contributed by atoms with Gasteiger partial charge in [-0.1, -0.05) is 47.7 Å². The molecule has 0 aliphatic rings. The maximum atomic E-state index is 4.80. The minimum atomic E-state index is 0.776. The number of nitrogens with one attached hydrogen (secondary N) is 1. The number of hydrogen-bond acceptors (Lipinski definition) is 7. The van der Waals surface area contributed by atoms with Crippen LogP contribution in [0.1, 0.15) is 9.88 Å². The van der Waals surface area contributed by atoms with Gasteiger partial charge in [-0.25, -0.2) is 4.98 Å². The van der Waals surface area contributed by atoms with Gasteiger partial charge >= 0.3 is 0 Å². The van der Waals surface area contributed by atoms with Gasteiger partial charge in [0.2, 0.25) is 5.13 Å². The fourth-order valence-electron chi connectivity index (χ4n) is 2.59. The maximum absolute atomic E-state index is 4.80. The quantitative estimate of drug-likeness (QED) is 0.527. The van der Waals surface area contributed by atoms with Crippen molar-refractivity contribution < 1.29 is 0 Å². The highest BCUT2D eigenvalue weighted by molar-refractivity contribution is 7.18. The predicted octanol–water partition coefficient (Wildman–Crippen LogP) is 4.69. The lowest BCUT2D eigenvalue weighted by molar-refractivity contribution is 0.980. The van der Waals surface area contributed by atoms with Crippen LogP contribution in [0.4, 0.5) is 5.13 Å². The number of hydrogen-bond donors (Lipinski definition) is 1. The molecule has 0 unspecified atom stereocenters. The van der Waals surface area contributed by atoms with Gasteiger partial charge in [0.05, 0.1) is 10.7 Å². The van der Waals surface area contributed by atoms with Crippen molar-refractivity contribution in [1.29, 1.82) is 0 Å². The summed E-state index contributed by atoms with van der Waals surface area (Å²) < 4.78 is 0. The van der Waals surface area contributed by atoms with E-state index in [4.69, 9.17) is 4.98 Å². The Labute approximate surface area is 159 Å². The van der Waals surface area contributed by atoms with Crippen molar-refractivity contribution in [2.24, 2.45) is 0 Å². The summed E-state index contributed by atoms with van der Waals surface area (Å²) >= 11 is 3.27. The van der Waals surface area contributed by atoms with Crippen molar-refractivity contribution in [2.75, 3.05) is 11.9 Å². The van der Waals surface area contributed by atoms with Gasteiger partial charge in [0.1, 0.15) is 5.69 Å². The first kappa shape index (κ1) is 16.8. The number of anilines is 1. The van der Waals surface area contributed by atoms with Gasteiger partial charge in [-0.05, 0) is 19.1 Å². The summed E-state index contributed by atoms with van der Waals surface area (Å²) in [6.45, 7) is 2.90. The minimum Gasteiger partial charge on any atom is -0.360 e. The largest absolute Gasteiger partial charge is 0.360 e. The summed E-state index contributed by atoms with van der Waals surface area (Å²) in [6.07, 6.45) is 2.62. The van der Waals surface area contributed by atoms with Crippen molar-refractivity contribution in [3.63, 3.8) is 0 Å². The number of rotatable bonds is 6. The second kappa shape index (κ2) is 7.72. The Hall–Kier alpha value is -2.64. The Balaban J connectivity index is 1.38. The van der Waals surface area contributed by atoms with Crippen LogP contribution < -0.4 is 5.32 Å². The van der Waals surface area contributed by atoms with E-state index < -0.39 is 0 Å². The third-order valence-corrected chi connectivity index (χ3v) is 5.75. The molecule has 0 saturated carbocycles. The Bertz CT molecular complexity index is 980. The lowest BCUT2D eigenvalue weighted by atomic mass is 10.1. The van der Waals surface area contributed by atoms with Crippen LogP contribution >= 0.6 is 22.7 Å². The molecule has 5 nitrogen and oxygen atoms in total. The van der Waals surface area contributed by atoms with Crippen LogP contribution in [0.2, 0.25) is 0 Å². The average molecular weight is 380 g/mol. The first-order valence-electron chi connectivity index (χ1n) is 8.30. The molecule has 4 aromatic rings. The molecule has 130 valence electrons. The second-order valence-electron chi connectivity index (χ2n) is 5.68. The van der Waals surface area contributed by atoms with E-state index in [1.807, 2.05) is 36.4 Å². The zero-order valence-corrected chi connectivity index (χ0v) is 15.8. The molecule has 3 aromatic heterocycles. The Morgan fingerprint density at radius 2 is 1.81 bits per heavy atom. The summed E-state index contributed by atoms with van der Waals surface area (Å²) in [5.74, 6) is 0. The van der Waals surface area contributed by atoms with E-state index in [9.17, 15) is 0 Å². The number of thiazole rings is 1. The zero-order valence-electron chi connectivity index (χ0n) is 14.2. The highest BCUT2D eigenvalue weighted by Crippen LogP contribution is 2.28. The number of nitrogens with zero attached hydrogens (tertiary/aromatic N) is 4. The molecule has 0 aliphatic heterocycles. The first-order valence-corrected chi connectivity index (χ1v) is 9.93. The van der Waals surface area contributed by atoms with Crippen LogP contribution in [-0.4, -0.2) is 26.7 Å². The number of aromatic nitrogens is 4. The molecule has 0 spiro atoms. The highest BCUT2D eigenvalue weighted by Gasteiger charge is 2.10. The van der Waals surface area contributed by atoms with Gasteiger partial charge in [-0.2, -0.15) is 0 Å². The van der Waals surface area contributed by atoms with Crippen LogP contribution in [-0.2, 0) is 6.42 Å². The van der Waals surface area contributed by atoms with Crippen LogP contribution in [0.3, 0.4) is 0 Å². The van der Waals surface area contributed by atoms with Gasteiger partial charge in [-0.15, -0.1) is 21.5 Å². The van der Waals surface area contributed by atoms with Gasteiger partial charge in [0.25, 0.3) is 0 Å². The topological polar surface area (TPSA) is 63.6 Å². The van der Waals surface area contributed by atoms with Crippen LogP contribution in [0.15, 0.2) is 54.7 Å². The smallest absolute Gasteiger partial charge is 0.206 e. The summed E-state index contributed by atoms with van der Waals surface area (Å²) in [5.41, 5.74) is 3.10. The SMILES string of the molecule is Cc1sc(CCNc2nnc(-c3ccccn3)s2)nc1-c1ccccc1. The third-order valence-electron chi connectivity index (χ3n) is 3.81. The fourth-order valence-corrected chi connectivity index (χ4v) is 4.29. The summed E-state index contributed by atoms with van der Waals surface area (Å²) in [4.78, 5) is 10.4. The first-order chi connectivity index (χ1) is 12.8. The molecule has 0 atom stereocenters. The third kappa shape index (κ3) is 3.79. The summed E-state index contributed by atoms with van der Waals surface area (Å²) in [5, 5.41) is 14.5. The van der Waals surface area contributed by atoms with Crippen molar-refractivity contribution in [3.8, 4) is 22.0 Å². The Kier molecular flexibility index (Phi) is 4.99. The molecule has 0 saturated heterocycles. The van der Waals surface area contributed by atoms with Gasteiger partial charge < -0.3 is 5.32 Å². The average Bonchev–Trinajstić information content (AvgIpc) is 3.30. The molecule has 1 aromatic carbocycles.